The molecule has 1 heterocycles. The molecular weight excluding hydrogens is 243 g/mol. The number of rotatable bonds is 3. The second-order valence-electron chi connectivity index (χ2n) is 3.47. The number of Topliss-reactive ketones (excluding diaryl/α,β-unsaturated/α-hetero) is 1. The molecule has 0 aliphatic heterocycles. The Labute approximate surface area is 102 Å². The number of halogens is 2. The lowest BCUT2D eigenvalue weighted by Crippen LogP contribution is -2.05. The molecule has 0 saturated heterocycles. The second-order valence-corrected chi connectivity index (χ2v) is 3.87. The van der Waals surface area contributed by atoms with E-state index in [-0.39, 0.29) is 12.2 Å². The van der Waals surface area contributed by atoms with Crippen molar-refractivity contribution in [2.45, 2.75) is 6.42 Å². The summed E-state index contributed by atoms with van der Waals surface area (Å²) in [4.78, 5) is 11.8. The van der Waals surface area contributed by atoms with Crippen molar-refractivity contribution < 1.29 is 9.18 Å². The Hall–Kier alpha value is -1.81. The smallest absolute Gasteiger partial charge is 0.168 e. The van der Waals surface area contributed by atoms with Gasteiger partial charge >= 0.3 is 0 Å². The highest BCUT2D eigenvalue weighted by molar-refractivity contribution is 6.31. The van der Waals surface area contributed by atoms with Gasteiger partial charge in [-0.2, -0.15) is 10.2 Å². The number of hydrogen-bond donors (Lipinski definition) is 0. The molecule has 0 amide bonds. The molecule has 0 aliphatic rings. The van der Waals surface area contributed by atoms with Gasteiger partial charge in [0.1, 0.15) is 5.82 Å². The molecule has 3 nitrogen and oxygen atoms in total. The fourth-order valence-corrected chi connectivity index (χ4v) is 1.59. The number of nitrogens with zero attached hydrogens (tertiary/aromatic N) is 2. The van der Waals surface area contributed by atoms with E-state index in [9.17, 15) is 9.18 Å². The van der Waals surface area contributed by atoms with E-state index in [1.165, 1.54) is 30.6 Å². The molecule has 0 unspecified atom stereocenters. The number of carbonyl (C=O) groups is 1. The van der Waals surface area contributed by atoms with Crippen LogP contribution in [0.5, 0.6) is 0 Å². The van der Waals surface area contributed by atoms with Crippen LogP contribution in [0, 0.1) is 5.82 Å². The van der Waals surface area contributed by atoms with Crippen molar-refractivity contribution >= 4 is 17.4 Å². The molecular formula is C12H8ClFN2O. The van der Waals surface area contributed by atoms with Gasteiger partial charge in [0, 0.05) is 17.0 Å². The summed E-state index contributed by atoms with van der Waals surface area (Å²) < 4.78 is 13.0. The second kappa shape index (κ2) is 5.01. The quantitative estimate of drug-likeness (QED) is 0.787. The average molecular weight is 251 g/mol. The van der Waals surface area contributed by atoms with Gasteiger partial charge in [-0.1, -0.05) is 11.6 Å². The summed E-state index contributed by atoms with van der Waals surface area (Å²) >= 11 is 5.88. The summed E-state index contributed by atoms with van der Waals surface area (Å²) in [7, 11) is 0. The van der Waals surface area contributed by atoms with Crippen molar-refractivity contribution in [2.24, 2.45) is 0 Å². The van der Waals surface area contributed by atoms with Gasteiger partial charge in [0.2, 0.25) is 0 Å². The SMILES string of the molecule is O=C(Cc1cc(F)ccc1Cl)c1ccnnc1. The summed E-state index contributed by atoms with van der Waals surface area (Å²) in [6, 6.07) is 5.51. The fourth-order valence-electron chi connectivity index (χ4n) is 1.41. The Balaban J connectivity index is 2.22. The molecule has 1 aromatic carbocycles. The van der Waals surface area contributed by atoms with Crippen LogP contribution in [0.4, 0.5) is 4.39 Å². The highest BCUT2D eigenvalue weighted by Crippen LogP contribution is 2.18. The lowest BCUT2D eigenvalue weighted by atomic mass is 10.0. The Bertz CT molecular complexity index is 545. The van der Waals surface area contributed by atoms with Gasteiger partial charge in [0.15, 0.2) is 5.78 Å². The van der Waals surface area contributed by atoms with Crippen LogP contribution in [0.25, 0.3) is 0 Å². The zero-order valence-corrected chi connectivity index (χ0v) is 9.49. The largest absolute Gasteiger partial charge is 0.294 e. The molecule has 5 heteroatoms. The van der Waals surface area contributed by atoms with E-state index in [1.807, 2.05) is 0 Å². The molecule has 0 saturated carbocycles. The van der Waals surface area contributed by atoms with Crippen molar-refractivity contribution in [3.05, 3.63) is 58.6 Å². The van der Waals surface area contributed by atoms with E-state index in [0.717, 1.165) is 0 Å². The first-order chi connectivity index (χ1) is 8.16. The third-order valence-electron chi connectivity index (χ3n) is 2.26. The predicted octanol–water partition coefficient (Wildman–Crippen LogP) is 2.69. The van der Waals surface area contributed by atoms with Crippen molar-refractivity contribution in [1.82, 2.24) is 10.2 Å². The summed E-state index contributed by atoms with van der Waals surface area (Å²) in [5.74, 6) is -0.586. The van der Waals surface area contributed by atoms with Crippen LogP contribution in [0.15, 0.2) is 36.7 Å². The molecule has 2 aromatic rings. The molecule has 86 valence electrons. The maximum absolute atomic E-state index is 13.0. The van der Waals surface area contributed by atoms with Crippen molar-refractivity contribution in [3.8, 4) is 0 Å². The average Bonchev–Trinajstić information content (AvgIpc) is 2.35. The van der Waals surface area contributed by atoms with Crippen molar-refractivity contribution in [2.75, 3.05) is 0 Å². The summed E-state index contributed by atoms with van der Waals surface area (Å²) in [6.07, 6.45) is 2.85. The van der Waals surface area contributed by atoms with Crippen molar-refractivity contribution in [1.29, 1.82) is 0 Å². The third kappa shape index (κ3) is 2.85. The van der Waals surface area contributed by atoms with E-state index >= 15 is 0 Å². The first kappa shape index (κ1) is 11.7. The first-order valence-electron chi connectivity index (χ1n) is 4.90. The van der Waals surface area contributed by atoms with Crippen molar-refractivity contribution in [3.63, 3.8) is 0 Å². The third-order valence-corrected chi connectivity index (χ3v) is 2.63. The standard InChI is InChI=1S/C12H8ClFN2O/c13-11-2-1-10(14)5-9(11)6-12(17)8-3-4-15-16-7-8/h1-5,7H,6H2. The lowest BCUT2D eigenvalue weighted by Gasteiger charge is -2.03. The first-order valence-corrected chi connectivity index (χ1v) is 5.28. The van der Waals surface area contributed by atoms with Crippen LogP contribution in [0.2, 0.25) is 5.02 Å². The van der Waals surface area contributed by atoms with Crippen LogP contribution in [-0.2, 0) is 6.42 Å². The van der Waals surface area contributed by atoms with Crippen LogP contribution in [-0.4, -0.2) is 16.0 Å². The Kier molecular flexibility index (Phi) is 3.44. The molecule has 0 spiro atoms. The number of ketones is 1. The zero-order chi connectivity index (χ0) is 12.3. The van der Waals surface area contributed by atoms with E-state index in [4.69, 9.17) is 11.6 Å². The zero-order valence-electron chi connectivity index (χ0n) is 8.73. The number of aromatic nitrogens is 2. The molecule has 17 heavy (non-hydrogen) atoms. The maximum atomic E-state index is 13.0. The molecule has 0 radical (unpaired) electrons. The summed E-state index contributed by atoms with van der Waals surface area (Å²) in [6.45, 7) is 0. The minimum atomic E-state index is -0.412. The summed E-state index contributed by atoms with van der Waals surface area (Å²) in [5.41, 5.74) is 0.897. The molecule has 0 atom stereocenters. The Morgan fingerprint density at radius 2 is 2.12 bits per heavy atom. The molecule has 0 aliphatic carbocycles. The number of hydrogen-bond acceptors (Lipinski definition) is 3. The fraction of sp³-hybridized carbons (Fsp3) is 0.0833. The number of benzene rings is 1. The van der Waals surface area contributed by atoms with Gasteiger partial charge in [-0.15, -0.1) is 0 Å². The highest BCUT2D eigenvalue weighted by Gasteiger charge is 2.10. The van der Waals surface area contributed by atoms with E-state index in [2.05, 4.69) is 10.2 Å². The topological polar surface area (TPSA) is 42.9 Å². The van der Waals surface area contributed by atoms with Crippen LogP contribution < -0.4 is 0 Å². The number of carbonyl (C=O) groups excluding carboxylic acids is 1. The highest BCUT2D eigenvalue weighted by atomic mass is 35.5. The van der Waals surface area contributed by atoms with Crippen LogP contribution in [0.1, 0.15) is 15.9 Å². The Morgan fingerprint density at radius 1 is 1.29 bits per heavy atom. The van der Waals surface area contributed by atoms with E-state index in [1.54, 1.807) is 6.07 Å². The minimum Gasteiger partial charge on any atom is -0.294 e. The normalized spacial score (nSPS) is 10.2. The van der Waals surface area contributed by atoms with E-state index in [0.29, 0.717) is 16.1 Å². The lowest BCUT2D eigenvalue weighted by molar-refractivity contribution is 0.0992. The van der Waals surface area contributed by atoms with Gasteiger partial charge in [-0.25, -0.2) is 4.39 Å². The summed E-state index contributed by atoms with van der Waals surface area (Å²) in [5, 5.41) is 7.56. The van der Waals surface area contributed by atoms with Gasteiger partial charge in [0.25, 0.3) is 0 Å². The van der Waals surface area contributed by atoms with Gasteiger partial charge in [-0.3, -0.25) is 4.79 Å². The molecule has 0 N–H and O–H groups in total. The van der Waals surface area contributed by atoms with Gasteiger partial charge in [-0.05, 0) is 29.8 Å². The predicted molar refractivity (Wildman–Crippen MR) is 61.5 cm³/mol. The van der Waals surface area contributed by atoms with Gasteiger partial charge < -0.3 is 0 Å². The Morgan fingerprint density at radius 3 is 2.82 bits per heavy atom. The van der Waals surface area contributed by atoms with Crippen LogP contribution in [0.3, 0.4) is 0 Å². The molecule has 0 fully saturated rings. The monoisotopic (exact) mass is 250 g/mol. The van der Waals surface area contributed by atoms with Gasteiger partial charge in [0.05, 0.1) is 12.4 Å². The van der Waals surface area contributed by atoms with Crippen LogP contribution >= 0.6 is 11.6 Å². The maximum Gasteiger partial charge on any atom is 0.168 e. The molecule has 0 bridgehead atoms. The molecule has 1 aromatic heterocycles. The van der Waals surface area contributed by atoms with E-state index < -0.39 is 5.82 Å². The molecule has 2 rings (SSSR count). The minimum absolute atomic E-state index is 0.0439.